The molecular formula is C10H9BrO2S. The first kappa shape index (κ1) is 9.93. The highest BCUT2D eigenvalue weighted by molar-refractivity contribution is 9.10. The summed E-state index contributed by atoms with van der Waals surface area (Å²) in [6.07, 6.45) is 3.98. The van der Waals surface area contributed by atoms with E-state index < -0.39 is 0 Å². The lowest BCUT2D eigenvalue weighted by Crippen LogP contribution is -1.92. The molecule has 0 aromatic heterocycles. The van der Waals surface area contributed by atoms with Crippen molar-refractivity contribution in [1.82, 2.24) is 0 Å². The lowest BCUT2D eigenvalue weighted by atomic mass is 10.2. The molecule has 0 saturated heterocycles. The predicted octanol–water partition coefficient (Wildman–Crippen LogP) is 3.12. The maximum absolute atomic E-state index is 5.28. The fourth-order valence-electron chi connectivity index (χ4n) is 1.24. The summed E-state index contributed by atoms with van der Waals surface area (Å²) in [6.45, 7) is 0.307. The molecule has 0 N–H and O–H groups in total. The zero-order valence-electron chi connectivity index (χ0n) is 7.37. The maximum atomic E-state index is 5.28. The zero-order chi connectivity index (χ0) is 9.97. The third-order valence-electron chi connectivity index (χ3n) is 1.89. The topological polar surface area (TPSA) is 18.5 Å². The van der Waals surface area contributed by atoms with E-state index in [1.165, 1.54) is 0 Å². The van der Waals surface area contributed by atoms with Crippen molar-refractivity contribution in [3.63, 3.8) is 0 Å². The molecule has 0 amide bonds. The van der Waals surface area contributed by atoms with Gasteiger partial charge in [-0.15, -0.1) is 0 Å². The van der Waals surface area contributed by atoms with Crippen molar-refractivity contribution in [2.24, 2.45) is 0 Å². The van der Waals surface area contributed by atoms with Crippen LogP contribution in [0.2, 0.25) is 0 Å². The molecule has 1 aromatic carbocycles. The number of hydrogen-bond acceptors (Lipinski definition) is 3. The third-order valence-corrected chi connectivity index (χ3v) is 2.79. The van der Waals surface area contributed by atoms with Crippen molar-refractivity contribution in [1.29, 1.82) is 0 Å². The van der Waals surface area contributed by atoms with Crippen molar-refractivity contribution in [2.45, 2.75) is 0 Å². The first-order chi connectivity index (χ1) is 6.81. The van der Waals surface area contributed by atoms with Gasteiger partial charge in [0.1, 0.15) is 0 Å². The quantitative estimate of drug-likeness (QED) is 0.834. The molecule has 1 aromatic rings. The van der Waals surface area contributed by atoms with Crippen LogP contribution in [0.25, 0.3) is 6.08 Å². The minimum absolute atomic E-state index is 0.307. The molecule has 0 bridgehead atoms. The molecule has 0 unspecified atom stereocenters. The number of hydrogen-bond donors (Lipinski definition) is 1. The van der Waals surface area contributed by atoms with Crippen LogP contribution >= 0.6 is 28.6 Å². The number of thiol groups is 1. The summed E-state index contributed by atoms with van der Waals surface area (Å²) in [5.74, 6) is 2.31. The van der Waals surface area contributed by atoms with Crippen molar-refractivity contribution in [3.05, 3.63) is 28.2 Å². The van der Waals surface area contributed by atoms with Crippen LogP contribution in [-0.4, -0.2) is 12.5 Å². The third kappa shape index (κ3) is 1.91. The van der Waals surface area contributed by atoms with E-state index in [0.717, 1.165) is 27.3 Å². The Hall–Kier alpha value is -0.610. The Labute approximate surface area is 96.4 Å². The normalized spacial score (nSPS) is 13.9. The Kier molecular flexibility index (Phi) is 3.03. The van der Waals surface area contributed by atoms with Gasteiger partial charge < -0.3 is 9.47 Å². The van der Waals surface area contributed by atoms with Crippen molar-refractivity contribution < 1.29 is 9.47 Å². The molecule has 0 spiro atoms. The second-order valence-corrected chi connectivity index (χ2v) is 4.03. The van der Waals surface area contributed by atoms with Crippen LogP contribution in [-0.2, 0) is 0 Å². The monoisotopic (exact) mass is 272 g/mol. The Morgan fingerprint density at radius 2 is 2.07 bits per heavy atom. The highest BCUT2D eigenvalue weighted by atomic mass is 79.9. The smallest absolute Gasteiger partial charge is 0.231 e. The summed E-state index contributed by atoms with van der Waals surface area (Å²) in [5.41, 5.74) is 1.07. The molecule has 4 heteroatoms. The van der Waals surface area contributed by atoms with Crippen LogP contribution in [0, 0.1) is 0 Å². The van der Waals surface area contributed by atoms with Crippen LogP contribution < -0.4 is 9.47 Å². The standard InChI is InChI=1S/C10H9BrO2S/c11-8-5-10-9(12-6-13-10)4-7(8)2-1-3-14/h1-2,4-5,14H,3,6H2. The van der Waals surface area contributed by atoms with Crippen LogP contribution in [0.15, 0.2) is 22.7 Å². The minimum Gasteiger partial charge on any atom is -0.454 e. The molecular weight excluding hydrogens is 264 g/mol. The average molecular weight is 273 g/mol. The van der Waals surface area contributed by atoms with E-state index in [1.807, 2.05) is 24.3 Å². The van der Waals surface area contributed by atoms with Gasteiger partial charge in [0.2, 0.25) is 6.79 Å². The van der Waals surface area contributed by atoms with Crippen molar-refractivity contribution in [3.8, 4) is 11.5 Å². The van der Waals surface area contributed by atoms with E-state index in [-0.39, 0.29) is 0 Å². The number of halogens is 1. The molecule has 74 valence electrons. The largest absolute Gasteiger partial charge is 0.454 e. The van der Waals surface area contributed by atoms with E-state index in [9.17, 15) is 0 Å². The molecule has 14 heavy (non-hydrogen) atoms. The van der Waals surface area contributed by atoms with Crippen LogP contribution in [0.5, 0.6) is 11.5 Å². The molecule has 2 rings (SSSR count). The van der Waals surface area contributed by atoms with Gasteiger partial charge in [0.15, 0.2) is 11.5 Å². The number of fused-ring (bicyclic) bond motifs is 1. The Bertz CT molecular complexity index is 377. The second kappa shape index (κ2) is 4.28. The number of ether oxygens (including phenoxy) is 2. The molecule has 0 fully saturated rings. The van der Waals surface area contributed by atoms with Crippen LogP contribution in [0.4, 0.5) is 0 Å². The summed E-state index contributed by atoms with van der Waals surface area (Å²) in [6, 6.07) is 3.87. The summed E-state index contributed by atoms with van der Waals surface area (Å²) in [7, 11) is 0. The number of rotatable bonds is 2. The molecule has 0 radical (unpaired) electrons. The van der Waals surface area contributed by atoms with E-state index in [4.69, 9.17) is 9.47 Å². The zero-order valence-corrected chi connectivity index (χ0v) is 9.85. The van der Waals surface area contributed by atoms with Gasteiger partial charge in [-0.25, -0.2) is 0 Å². The molecule has 1 aliphatic heterocycles. The van der Waals surface area contributed by atoms with Gasteiger partial charge in [-0.2, -0.15) is 12.6 Å². The van der Waals surface area contributed by atoms with Gasteiger partial charge in [-0.3, -0.25) is 0 Å². The Balaban J connectivity index is 2.37. The fraction of sp³-hybridized carbons (Fsp3) is 0.200. The fourth-order valence-corrected chi connectivity index (χ4v) is 1.80. The first-order valence-electron chi connectivity index (χ1n) is 4.18. The summed E-state index contributed by atoms with van der Waals surface area (Å²) in [4.78, 5) is 0. The van der Waals surface area contributed by atoms with E-state index in [0.29, 0.717) is 6.79 Å². The van der Waals surface area contributed by atoms with Gasteiger partial charge in [0.05, 0.1) is 0 Å². The van der Waals surface area contributed by atoms with E-state index in [2.05, 4.69) is 28.6 Å². The minimum atomic E-state index is 0.307. The van der Waals surface area contributed by atoms with Gasteiger partial charge in [0, 0.05) is 10.2 Å². The lowest BCUT2D eigenvalue weighted by molar-refractivity contribution is 0.174. The highest BCUT2D eigenvalue weighted by Gasteiger charge is 2.14. The molecule has 1 aliphatic rings. The van der Waals surface area contributed by atoms with Gasteiger partial charge in [-0.05, 0) is 17.7 Å². The SMILES string of the molecule is SCC=Cc1cc2c(cc1Br)OCO2. The van der Waals surface area contributed by atoms with Gasteiger partial charge >= 0.3 is 0 Å². The molecule has 2 nitrogen and oxygen atoms in total. The Morgan fingerprint density at radius 1 is 1.36 bits per heavy atom. The van der Waals surface area contributed by atoms with Gasteiger partial charge in [0.25, 0.3) is 0 Å². The summed E-state index contributed by atoms with van der Waals surface area (Å²) < 4.78 is 11.5. The first-order valence-corrected chi connectivity index (χ1v) is 5.60. The summed E-state index contributed by atoms with van der Waals surface area (Å²) in [5, 5.41) is 0. The van der Waals surface area contributed by atoms with Crippen molar-refractivity contribution >= 4 is 34.6 Å². The number of benzene rings is 1. The maximum Gasteiger partial charge on any atom is 0.231 e. The molecule has 1 heterocycles. The average Bonchev–Trinajstić information content (AvgIpc) is 2.61. The molecule has 0 saturated carbocycles. The summed E-state index contributed by atoms with van der Waals surface area (Å²) >= 11 is 7.58. The highest BCUT2D eigenvalue weighted by Crippen LogP contribution is 2.37. The molecule has 0 atom stereocenters. The Morgan fingerprint density at radius 3 is 2.79 bits per heavy atom. The van der Waals surface area contributed by atoms with Crippen molar-refractivity contribution in [2.75, 3.05) is 12.5 Å². The van der Waals surface area contributed by atoms with Gasteiger partial charge in [-0.1, -0.05) is 28.1 Å². The lowest BCUT2D eigenvalue weighted by Gasteiger charge is -2.01. The second-order valence-electron chi connectivity index (χ2n) is 2.81. The predicted molar refractivity (Wildman–Crippen MR) is 63.2 cm³/mol. The van der Waals surface area contributed by atoms with Crippen LogP contribution in [0.3, 0.4) is 0 Å². The van der Waals surface area contributed by atoms with E-state index in [1.54, 1.807) is 0 Å². The molecule has 0 aliphatic carbocycles. The van der Waals surface area contributed by atoms with Crippen LogP contribution in [0.1, 0.15) is 5.56 Å². The van der Waals surface area contributed by atoms with E-state index >= 15 is 0 Å².